The number of fused-ring (bicyclic) bond motifs is 2. The molecule has 2 aromatic heterocycles. The van der Waals surface area contributed by atoms with Crippen LogP contribution >= 0.6 is 23.2 Å². The number of benzene rings is 4. The van der Waals surface area contributed by atoms with Crippen molar-refractivity contribution in [1.82, 2.24) is 9.97 Å². The zero-order chi connectivity index (χ0) is 39.3. The summed E-state index contributed by atoms with van der Waals surface area (Å²) in [7, 11) is 0. The number of nitro groups is 2. The molecule has 0 saturated carbocycles. The van der Waals surface area contributed by atoms with Crippen LogP contribution in [0.15, 0.2) is 122 Å². The third kappa shape index (κ3) is 8.96. The summed E-state index contributed by atoms with van der Waals surface area (Å²) >= 11 is 11.9. The Kier molecular flexibility index (Phi) is 11.2. The van der Waals surface area contributed by atoms with Gasteiger partial charge in [0.05, 0.1) is 22.1 Å². The second-order valence-electron chi connectivity index (χ2n) is 12.6. The third-order valence-corrected chi connectivity index (χ3v) is 9.39. The van der Waals surface area contributed by atoms with E-state index < -0.39 is 22.1 Å². The summed E-state index contributed by atoms with van der Waals surface area (Å²) in [5.74, 6) is 2.48. The van der Waals surface area contributed by atoms with E-state index in [1.165, 1.54) is 24.3 Å². The van der Waals surface area contributed by atoms with Gasteiger partial charge in [0.15, 0.2) is 0 Å². The molecular weight excluding hydrogens is 767 g/mol. The van der Waals surface area contributed by atoms with Crippen LogP contribution in [0.25, 0.3) is 0 Å². The molecule has 0 aliphatic carbocycles. The molecule has 4 unspecified atom stereocenters. The van der Waals surface area contributed by atoms with E-state index in [0.29, 0.717) is 57.0 Å². The topological polar surface area (TPSA) is 189 Å². The summed E-state index contributed by atoms with van der Waals surface area (Å²) in [5, 5.41) is 43.8. The fraction of sp³-hybridized carbons (Fsp3) is 0.150. The number of ether oxygens (including phenoxy) is 4. The predicted octanol–water partition coefficient (Wildman–Crippen LogP) is 9.99. The Bertz CT molecular complexity index is 2180. The summed E-state index contributed by atoms with van der Waals surface area (Å²) in [6.45, 7) is 0. The molecule has 0 saturated heterocycles. The Morgan fingerprint density at radius 2 is 0.982 bits per heavy atom. The fourth-order valence-corrected chi connectivity index (χ4v) is 6.32. The van der Waals surface area contributed by atoms with Gasteiger partial charge in [0.2, 0.25) is 11.8 Å². The molecule has 4 atom stereocenters. The van der Waals surface area contributed by atoms with Gasteiger partial charge >= 0.3 is 0 Å². The first-order chi connectivity index (χ1) is 27.0. The lowest BCUT2D eigenvalue weighted by molar-refractivity contribution is -0.385. The molecule has 2 aliphatic rings. The van der Waals surface area contributed by atoms with E-state index in [1.54, 1.807) is 60.7 Å². The summed E-state index contributed by atoms with van der Waals surface area (Å²) in [5.41, 5.74) is 2.87. The maximum Gasteiger partial charge on any atom is 0.287 e. The monoisotopic (exact) mass is 796 g/mol. The van der Waals surface area contributed by atoms with E-state index in [4.69, 9.17) is 42.1 Å². The molecule has 16 heteroatoms. The molecule has 0 spiro atoms. The van der Waals surface area contributed by atoms with Crippen molar-refractivity contribution >= 4 is 34.6 Å². The third-order valence-electron chi connectivity index (χ3n) is 8.89. The number of pyridine rings is 2. The maximum atomic E-state index is 10.7. The maximum absolute atomic E-state index is 10.7. The Balaban J connectivity index is 0.000000172. The predicted molar refractivity (Wildman–Crippen MR) is 204 cm³/mol. The molecule has 284 valence electrons. The van der Waals surface area contributed by atoms with E-state index in [1.807, 2.05) is 24.3 Å². The zero-order valence-electron chi connectivity index (χ0n) is 29.0. The molecule has 8 rings (SSSR count). The minimum atomic E-state index is -0.724. The molecule has 0 fully saturated rings. The second kappa shape index (κ2) is 16.6. The lowest BCUT2D eigenvalue weighted by Gasteiger charge is -2.30. The lowest BCUT2D eigenvalue weighted by atomic mass is 9.95. The number of hydrogen-bond acceptors (Lipinski definition) is 12. The first kappa shape index (κ1) is 38.0. The molecule has 0 amide bonds. The molecule has 4 aromatic carbocycles. The normalized spacial score (nSPS) is 18.1. The second-order valence-corrected chi connectivity index (χ2v) is 13.5. The fourth-order valence-electron chi connectivity index (χ4n) is 6.06. The van der Waals surface area contributed by atoms with E-state index >= 15 is 0 Å². The zero-order valence-corrected chi connectivity index (χ0v) is 30.5. The minimum Gasteiger partial charge on any atom is -0.485 e. The number of aliphatic hydroxyl groups excluding tert-OH is 2. The highest BCUT2D eigenvalue weighted by atomic mass is 35.5. The Labute approximate surface area is 328 Å². The molecule has 4 heterocycles. The number of rotatable bonds is 8. The van der Waals surface area contributed by atoms with Crippen molar-refractivity contribution in [2.24, 2.45) is 0 Å². The van der Waals surface area contributed by atoms with Crippen LogP contribution < -0.4 is 18.9 Å². The molecule has 2 aliphatic heterocycles. The number of nitrogens with zero attached hydrogens (tertiary/aromatic N) is 4. The number of hydrogen-bond donors (Lipinski definition) is 2. The molecule has 0 bridgehead atoms. The van der Waals surface area contributed by atoms with Gasteiger partial charge in [0, 0.05) is 58.3 Å². The van der Waals surface area contributed by atoms with Crippen LogP contribution in [0.5, 0.6) is 34.8 Å². The Morgan fingerprint density at radius 3 is 1.32 bits per heavy atom. The summed E-state index contributed by atoms with van der Waals surface area (Å²) in [6.07, 6.45) is 1.05. The minimum absolute atomic E-state index is 0.116. The first-order valence-electron chi connectivity index (χ1n) is 17.0. The molecule has 56 heavy (non-hydrogen) atoms. The molecule has 6 aromatic rings. The number of halogens is 2. The number of aliphatic hydroxyl groups is 2. The van der Waals surface area contributed by atoms with Gasteiger partial charge in [-0.1, -0.05) is 47.5 Å². The largest absolute Gasteiger partial charge is 0.485 e. The van der Waals surface area contributed by atoms with Crippen LogP contribution in [-0.2, 0) is 0 Å². The van der Waals surface area contributed by atoms with Crippen LogP contribution in [0.4, 0.5) is 11.4 Å². The van der Waals surface area contributed by atoms with E-state index in [2.05, 4.69) is 9.97 Å². The smallest absolute Gasteiger partial charge is 0.287 e. The van der Waals surface area contributed by atoms with Crippen molar-refractivity contribution in [2.45, 2.75) is 37.3 Å². The van der Waals surface area contributed by atoms with E-state index in [-0.39, 0.29) is 35.3 Å². The molecule has 14 nitrogen and oxygen atoms in total. The van der Waals surface area contributed by atoms with Gasteiger partial charge in [-0.25, -0.2) is 9.97 Å². The van der Waals surface area contributed by atoms with Crippen LogP contribution in [0.1, 0.15) is 59.5 Å². The first-order valence-corrected chi connectivity index (χ1v) is 17.8. The van der Waals surface area contributed by atoms with Crippen molar-refractivity contribution in [3.05, 3.63) is 174 Å². The molecule has 0 radical (unpaired) electrons. The average Bonchev–Trinajstić information content (AvgIpc) is 3.19. The van der Waals surface area contributed by atoms with E-state index in [0.717, 1.165) is 23.5 Å². The highest BCUT2D eigenvalue weighted by Crippen LogP contribution is 2.44. The van der Waals surface area contributed by atoms with Gasteiger partial charge in [-0.15, -0.1) is 0 Å². The van der Waals surface area contributed by atoms with Gasteiger partial charge < -0.3 is 29.2 Å². The van der Waals surface area contributed by atoms with Crippen molar-refractivity contribution < 1.29 is 39.0 Å². The van der Waals surface area contributed by atoms with E-state index in [9.17, 15) is 30.4 Å². The van der Waals surface area contributed by atoms with Crippen LogP contribution in [0, 0.1) is 20.2 Å². The molecule has 2 N–H and O–H groups in total. The summed E-state index contributed by atoms with van der Waals surface area (Å²) in [4.78, 5) is 28.2. The van der Waals surface area contributed by atoms with Gasteiger partial charge in [-0.05, 0) is 71.8 Å². The van der Waals surface area contributed by atoms with Crippen molar-refractivity contribution in [3.8, 4) is 34.8 Å². The SMILES string of the molecule is O=[N+]([O-])c1ccc(Oc2ccc3c(c2)C(O)CC(c2ccc(Cl)cc2)O3)nc1.O=[N+]([O-])c1ccc(Oc2ccc3c(c2)C(O)CC(c2ccc(Cl)cc2)O3)nc1. The Hall–Kier alpha value is -6.32. The van der Waals surface area contributed by atoms with Gasteiger partial charge in [0.25, 0.3) is 11.4 Å². The van der Waals surface area contributed by atoms with Gasteiger partial charge in [-0.3, -0.25) is 20.2 Å². The quantitative estimate of drug-likeness (QED) is 0.110. The average molecular weight is 798 g/mol. The number of aromatic nitrogens is 2. The van der Waals surface area contributed by atoms with Gasteiger partial charge in [0.1, 0.15) is 47.6 Å². The highest BCUT2D eigenvalue weighted by molar-refractivity contribution is 6.30. The van der Waals surface area contributed by atoms with Crippen molar-refractivity contribution in [2.75, 3.05) is 0 Å². The van der Waals surface area contributed by atoms with Crippen molar-refractivity contribution in [1.29, 1.82) is 0 Å². The lowest BCUT2D eigenvalue weighted by Crippen LogP contribution is -2.19. The van der Waals surface area contributed by atoms with Crippen LogP contribution in [-0.4, -0.2) is 30.0 Å². The summed E-state index contributed by atoms with van der Waals surface area (Å²) in [6, 6.07) is 30.3. The van der Waals surface area contributed by atoms with Crippen LogP contribution in [0.3, 0.4) is 0 Å². The highest BCUT2D eigenvalue weighted by Gasteiger charge is 2.30. The van der Waals surface area contributed by atoms with Crippen molar-refractivity contribution in [3.63, 3.8) is 0 Å². The van der Waals surface area contributed by atoms with Crippen LogP contribution in [0.2, 0.25) is 10.0 Å². The Morgan fingerprint density at radius 1 is 0.589 bits per heavy atom. The standard InChI is InChI=1S/2C20H15ClN2O5/c2*21-13-3-1-12(2-4-13)19-10-17(24)16-9-15(6-7-18(16)28-19)27-20-8-5-14(11-22-20)23(25)26/h2*1-9,11,17,19,24H,10H2. The molecular formula is C40H30Cl2N4O10. The summed E-state index contributed by atoms with van der Waals surface area (Å²) < 4.78 is 23.3. The van der Waals surface area contributed by atoms with Gasteiger partial charge in [-0.2, -0.15) is 0 Å².